The van der Waals surface area contributed by atoms with E-state index < -0.39 is 126 Å². The van der Waals surface area contributed by atoms with Crippen LogP contribution in [0.15, 0.2) is 42.5 Å². The van der Waals surface area contributed by atoms with Gasteiger partial charge in [-0.2, -0.15) is 32.1 Å². The molecule has 0 aliphatic heterocycles. The zero-order valence-electron chi connectivity index (χ0n) is 35.5. The Labute approximate surface area is 382 Å². The van der Waals surface area contributed by atoms with Crippen molar-refractivity contribution in [3.63, 3.8) is 0 Å². The Kier molecular flexibility index (Phi) is 11.5. The van der Waals surface area contributed by atoms with Crippen LogP contribution in [0.25, 0.3) is 22.0 Å². The quantitative estimate of drug-likeness (QED) is 0.0875. The van der Waals surface area contributed by atoms with Gasteiger partial charge in [-0.3, -0.25) is 23.9 Å². The van der Waals surface area contributed by atoms with Gasteiger partial charge in [-0.05, 0) is 101 Å². The van der Waals surface area contributed by atoms with Crippen LogP contribution in [0.3, 0.4) is 0 Å². The highest BCUT2D eigenvalue weighted by molar-refractivity contribution is 7.93. The van der Waals surface area contributed by atoms with Gasteiger partial charge < -0.3 is 5.32 Å². The molecule has 0 spiro atoms. The van der Waals surface area contributed by atoms with Crippen LogP contribution in [0.2, 0.25) is 5.02 Å². The summed E-state index contributed by atoms with van der Waals surface area (Å²) in [6.45, 7) is 0.860. The van der Waals surface area contributed by atoms with Crippen molar-refractivity contribution >= 4 is 54.1 Å². The second-order valence-corrected chi connectivity index (χ2v) is 23.5. The average Bonchev–Trinajstić information content (AvgIpc) is 4.11. The minimum atomic E-state index is -5.15. The van der Waals surface area contributed by atoms with Crippen molar-refractivity contribution in [3.05, 3.63) is 93.0 Å². The van der Waals surface area contributed by atoms with Gasteiger partial charge >= 0.3 is 6.18 Å². The van der Waals surface area contributed by atoms with Crippen molar-refractivity contribution in [3.8, 4) is 11.1 Å². The van der Waals surface area contributed by atoms with Crippen LogP contribution in [0, 0.1) is 17.6 Å². The maximum Gasteiger partial charge on any atom is 0.435 e. The smallest absolute Gasteiger partial charge is 0.346 e. The minimum absolute atomic E-state index is 0.00894. The molecule has 9 rings (SSSR count). The van der Waals surface area contributed by atoms with E-state index in [1.54, 1.807) is 13.8 Å². The van der Waals surface area contributed by atoms with Gasteiger partial charge in [0.2, 0.25) is 15.9 Å². The predicted octanol–water partition coefficient (Wildman–Crippen LogP) is 9.01. The van der Waals surface area contributed by atoms with E-state index in [1.807, 2.05) is 0 Å². The van der Waals surface area contributed by atoms with Crippen LogP contribution < -0.4 is 10.0 Å². The summed E-state index contributed by atoms with van der Waals surface area (Å²) in [6.07, 6.45) is -7.21. The van der Waals surface area contributed by atoms with Gasteiger partial charge in [0.25, 0.3) is 12.3 Å². The molecule has 1 unspecified atom stereocenters. The molecule has 3 atom stereocenters. The summed E-state index contributed by atoms with van der Waals surface area (Å²) < 4.78 is 187. The van der Waals surface area contributed by atoms with E-state index in [9.17, 15) is 52.4 Å². The second kappa shape index (κ2) is 16.4. The number of hydrogen-bond donors (Lipinski definition) is 2. The van der Waals surface area contributed by atoms with Crippen LogP contribution in [-0.2, 0) is 62.7 Å². The van der Waals surface area contributed by atoms with Crippen LogP contribution in [0.4, 0.5) is 45.3 Å². The average molecular weight is 1010 g/mol. The fourth-order valence-electron chi connectivity index (χ4n) is 9.13. The Morgan fingerprint density at radius 1 is 0.925 bits per heavy atom. The molecule has 4 aliphatic carbocycles. The third-order valence-electron chi connectivity index (χ3n) is 12.9. The number of halogens is 10. The molecule has 0 radical (unpaired) electrons. The summed E-state index contributed by atoms with van der Waals surface area (Å²) in [5, 5.41) is 8.72. The lowest BCUT2D eigenvalue weighted by atomic mass is 9.93. The van der Waals surface area contributed by atoms with Gasteiger partial charge in [-0.25, -0.2) is 34.4 Å². The molecule has 12 nitrogen and oxygen atoms in total. The van der Waals surface area contributed by atoms with Crippen LogP contribution in [0.1, 0.15) is 98.2 Å². The van der Waals surface area contributed by atoms with E-state index in [1.165, 1.54) is 24.3 Å². The molecule has 360 valence electrons. The summed E-state index contributed by atoms with van der Waals surface area (Å²) in [6, 6.07) is 6.52. The summed E-state index contributed by atoms with van der Waals surface area (Å²) in [7, 11) is -7.66. The molecule has 3 heterocycles. The molecule has 5 aromatic rings. The van der Waals surface area contributed by atoms with Crippen molar-refractivity contribution < 1.29 is 61.1 Å². The second-order valence-electron chi connectivity index (χ2n) is 18.3. The maximum atomic E-state index is 15.6. The van der Waals surface area contributed by atoms with E-state index in [0.717, 1.165) is 16.8 Å². The predicted molar refractivity (Wildman–Crippen MR) is 227 cm³/mol. The fourth-order valence-corrected chi connectivity index (χ4v) is 12.8. The summed E-state index contributed by atoms with van der Waals surface area (Å²) in [5.74, 6) is -9.93. The summed E-state index contributed by atoms with van der Waals surface area (Å²) >= 11 is 6.65. The van der Waals surface area contributed by atoms with E-state index in [0.29, 0.717) is 36.4 Å². The lowest BCUT2D eigenvalue weighted by Crippen LogP contribution is -2.36. The third-order valence-corrected chi connectivity index (χ3v) is 18.1. The molecule has 24 heteroatoms. The van der Waals surface area contributed by atoms with E-state index in [4.69, 9.17) is 16.6 Å². The van der Waals surface area contributed by atoms with Crippen molar-refractivity contribution in [2.24, 2.45) is 5.92 Å². The summed E-state index contributed by atoms with van der Waals surface area (Å²) in [5.41, 5.74) is -3.43. The number of fused-ring (bicyclic) bond motifs is 4. The zero-order chi connectivity index (χ0) is 48.3. The Morgan fingerprint density at radius 2 is 1.58 bits per heavy atom. The number of nitrogens with one attached hydrogen (secondary N) is 2. The number of rotatable bonds is 17. The van der Waals surface area contributed by atoms with Gasteiger partial charge in [-0.1, -0.05) is 23.7 Å². The highest BCUT2D eigenvalue weighted by Crippen LogP contribution is 2.68. The normalized spacial score (nSPS) is 19.7. The van der Waals surface area contributed by atoms with Crippen molar-refractivity contribution in [1.82, 2.24) is 29.9 Å². The Morgan fingerprint density at radius 3 is 2.21 bits per heavy atom. The first-order valence-electron chi connectivity index (χ1n) is 21.3. The molecular weight excluding hydrogens is 965 g/mol. The number of aryl methyl sites for hydroxylation is 1. The number of nitrogens with zero attached hydrogens (tertiary/aromatic N) is 5. The molecule has 0 bridgehead atoms. The molecule has 1 amide bonds. The number of carbonyl (C=O) groups excluding carboxylic acids is 1. The lowest BCUT2D eigenvalue weighted by molar-refractivity contribution is -0.142. The third kappa shape index (κ3) is 8.87. The monoisotopic (exact) mass is 1010 g/mol. The number of carbonyl (C=O) groups is 1. The SMILES string of the molecule is CC(C)(CCc1ccc(-c2ccc(Cl)c3c(NS(=O)(=O)C4CC4)nn(CC(F)F)c23)c([C@H](Cc2cc(F)cc(F)c2)NC(=O)Cn2nc(C(F)(F)F)c3c2C(F)(F)C2C[C@H]32)n1)S(=O)(=O)C1CC1. The summed E-state index contributed by atoms with van der Waals surface area (Å²) in [4.78, 5) is 19.0. The number of alkyl halides is 7. The molecule has 3 saturated carbocycles. The molecule has 3 fully saturated rings. The van der Waals surface area contributed by atoms with Crippen molar-refractivity contribution in [2.45, 2.75) is 124 Å². The fraction of sp³-hybridized carbons (Fsp3) is 0.488. The molecule has 67 heavy (non-hydrogen) atoms. The number of pyridine rings is 1. The number of anilines is 1. The van der Waals surface area contributed by atoms with Gasteiger partial charge in [0.1, 0.15) is 30.4 Å². The van der Waals surface area contributed by atoms with Crippen LogP contribution >= 0.6 is 11.6 Å². The molecule has 3 aromatic heterocycles. The zero-order valence-corrected chi connectivity index (χ0v) is 37.8. The topological polar surface area (TPSA) is 158 Å². The van der Waals surface area contributed by atoms with E-state index in [-0.39, 0.29) is 69.1 Å². The van der Waals surface area contributed by atoms with Crippen molar-refractivity contribution in [1.29, 1.82) is 0 Å². The maximum absolute atomic E-state index is 15.6. The largest absolute Gasteiger partial charge is 0.435 e. The minimum Gasteiger partial charge on any atom is -0.346 e. The van der Waals surface area contributed by atoms with Gasteiger partial charge in [-0.15, -0.1) is 0 Å². The van der Waals surface area contributed by atoms with Gasteiger partial charge in [0.15, 0.2) is 21.3 Å². The molecular formula is C43H41ClF9N7O5S2. The first-order chi connectivity index (χ1) is 31.3. The van der Waals surface area contributed by atoms with Crippen LogP contribution in [0.5, 0.6) is 0 Å². The first-order valence-corrected chi connectivity index (χ1v) is 24.8. The molecule has 0 saturated heterocycles. The molecule has 2 aromatic carbocycles. The first kappa shape index (κ1) is 47.2. The van der Waals surface area contributed by atoms with E-state index >= 15 is 8.78 Å². The highest BCUT2D eigenvalue weighted by Gasteiger charge is 2.68. The van der Waals surface area contributed by atoms with E-state index in [2.05, 4.69) is 20.2 Å². The number of amides is 1. The van der Waals surface area contributed by atoms with Gasteiger partial charge in [0.05, 0.1) is 42.9 Å². The molecule has 2 N–H and O–H groups in total. The Hall–Kier alpha value is -4.90. The number of sulfone groups is 1. The number of sulfonamides is 1. The van der Waals surface area contributed by atoms with Crippen molar-refractivity contribution in [2.75, 3.05) is 4.72 Å². The number of hydrogen-bond acceptors (Lipinski definition) is 8. The van der Waals surface area contributed by atoms with Gasteiger partial charge in [0, 0.05) is 34.4 Å². The number of aromatic nitrogens is 5. The van der Waals surface area contributed by atoms with Crippen LogP contribution in [-0.4, -0.2) is 69.0 Å². The molecule has 4 aliphatic rings. The highest BCUT2D eigenvalue weighted by atomic mass is 35.5. The Bertz CT molecular complexity index is 3040. The Balaban J connectivity index is 1.19. The lowest BCUT2D eigenvalue weighted by Gasteiger charge is -2.26. The standard InChI is InChI=1S/C43H41ClF9N7O5S2/c1-41(2,66(62,63)24-4-5-24)12-11-23-3-8-26(27-9-10-30(44)35-37(27)59(18-32(47)48)57-40(35)58-67(64,65)25-6-7-25)36(54-23)31(15-20-13-21(45)16-22(46)14-20)55-33(61)19-60-39-34(38(56-60)43(51,52)53)28-17-29(28)42(39,49)50/h3,8-10,13-14,16,24-25,28-29,31-32H,4-7,11-12,15,17-19H2,1-2H3,(H,55,61)(H,57,58)/t28-,29?,31-/m0/s1. The number of benzene rings is 2.